The highest BCUT2D eigenvalue weighted by Gasteiger charge is 2.25. The van der Waals surface area contributed by atoms with Crippen molar-refractivity contribution in [1.29, 1.82) is 0 Å². The molecule has 170 valence electrons. The Morgan fingerprint density at radius 3 is 2.64 bits per heavy atom. The summed E-state index contributed by atoms with van der Waals surface area (Å²) in [6.07, 6.45) is 7.70. The van der Waals surface area contributed by atoms with Gasteiger partial charge in [0.2, 0.25) is 0 Å². The molecule has 33 heavy (non-hydrogen) atoms. The van der Waals surface area contributed by atoms with Gasteiger partial charge < -0.3 is 10.0 Å². The number of nitrogens with zero attached hydrogens (tertiary/aromatic N) is 7. The maximum absolute atomic E-state index is 13.6. The van der Waals surface area contributed by atoms with Crippen LogP contribution in [0.5, 0.6) is 0 Å². The number of rotatable bonds is 8. The number of halogens is 1. The molecule has 0 radical (unpaired) electrons. The first-order chi connectivity index (χ1) is 16.0. The van der Waals surface area contributed by atoms with E-state index in [0.717, 1.165) is 17.3 Å². The summed E-state index contributed by atoms with van der Waals surface area (Å²) in [5, 5.41) is 22.3. The SMILES string of the molecule is Cc1ccc(-n2nccn2)c(C(=O)N(CCO)[C@@H](C)Cn2cc(-c3ccc(F)cn3)cn2)c1. The van der Waals surface area contributed by atoms with E-state index in [1.54, 1.807) is 52.6 Å². The normalized spacial score (nSPS) is 12.0. The van der Waals surface area contributed by atoms with Gasteiger partial charge in [0.25, 0.3) is 5.91 Å². The van der Waals surface area contributed by atoms with E-state index >= 15 is 0 Å². The van der Waals surface area contributed by atoms with Crippen molar-refractivity contribution in [3.63, 3.8) is 0 Å². The van der Waals surface area contributed by atoms with Gasteiger partial charge in [-0.2, -0.15) is 20.1 Å². The Labute approximate surface area is 190 Å². The Morgan fingerprint density at radius 1 is 1.15 bits per heavy atom. The van der Waals surface area contributed by atoms with Gasteiger partial charge in [-0.05, 0) is 38.1 Å². The van der Waals surface area contributed by atoms with Crippen LogP contribution in [-0.2, 0) is 6.54 Å². The van der Waals surface area contributed by atoms with E-state index in [1.807, 2.05) is 19.9 Å². The summed E-state index contributed by atoms with van der Waals surface area (Å²) in [6, 6.07) is 8.15. The molecule has 4 rings (SSSR count). The lowest BCUT2D eigenvalue weighted by atomic mass is 10.1. The average molecular weight is 449 g/mol. The maximum Gasteiger partial charge on any atom is 0.256 e. The van der Waals surface area contributed by atoms with Crippen molar-refractivity contribution in [1.82, 2.24) is 34.7 Å². The first kappa shape index (κ1) is 22.3. The van der Waals surface area contributed by atoms with Crippen molar-refractivity contribution in [2.24, 2.45) is 0 Å². The molecule has 0 saturated carbocycles. The molecule has 1 N–H and O–H groups in total. The van der Waals surface area contributed by atoms with Crippen LogP contribution in [0.1, 0.15) is 22.8 Å². The summed E-state index contributed by atoms with van der Waals surface area (Å²) in [7, 11) is 0. The van der Waals surface area contributed by atoms with Gasteiger partial charge in [-0.15, -0.1) is 0 Å². The molecule has 0 bridgehead atoms. The van der Waals surface area contributed by atoms with E-state index in [0.29, 0.717) is 23.5 Å². The quantitative estimate of drug-likeness (QED) is 0.444. The van der Waals surface area contributed by atoms with Gasteiger partial charge in [-0.3, -0.25) is 14.5 Å². The fourth-order valence-corrected chi connectivity index (χ4v) is 3.63. The third-order valence-corrected chi connectivity index (χ3v) is 5.26. The van der Waals surface area contributed by atoms with E-state index in [4.69, 9.17) is 0 Å². The number of carbonyl (C=O) groups is 1. The predicted molar refractivity (Wildman–Crippen MR) is 119 cm³/mol. The number of carbonyl (C=O) groups excluding carboxylic acids is 1. The zero-order valence-corrected chi connectivity index (χ0v) is 18.3. The minimum absolute atomic E-state index is 0.160. The Kier molecular flexibility index (Phi) is 6.55. The van der Waals surface area contributed by atoms with E-state index in [2.05, 4.69) is 20.3 Å². The molecule has 9 nitrogen and oxygen atoms in total. The number of pyridine rings is 1. The number of amides is 1. The molecular weight excluding hydrogens is 425 g/mol. The van der Waals surface area contributed by atoms with Crippen molar-refractivity contribution < 1.29 is 14.3 Å². The average Bonchev–Trinajstić information content (AvgIpc) is 3.50. The number of aliphatic hydroxyl groups excluding tert-OH is 1. The maximum atomic E-state index is 13.6. The second-order valence-electron chi connectivity index (χ2n) is 7.72. The van der Waals surface area contributed by atoms with Crippen LogP contribution >= 0.6 is 0 Å². The summed E-state index contributed by atoms with van der Waals surface area (Å²) in [6.45, 7) is 4.18. The summed E-state index contributed by atoms with van der Waals surface area (Å²) in [5.74, 6) is -0.640. The topological polar surface area (TPSA) is 102 Å². The zero-order chi connectivity index (χ0) is 23.4. The third kappa shape index (κ3) is 4.96. The minimum Gasteiger partial charge on any atom is -0.395 e. The van der Waals surface area contributed by atoms with E-state index in [-0.39, 0.29) is 25.1 Å². The molecular formula is C23H24FN7O2. The van der Waals surface area contributed by atoms with Crippen molar-refractivity contribution in [2.45, 2.75) is 26.4 Å². The predicted octanol–water partition coefficient (Wildman–Crippen LogP) is 2.50. The summed E-state index contributed by atoms with van der Waals surface area (Å²) >= 11 is 0. The zero-order valence-electron chi connectivity index (χ0n) is 18.3. The van der Waals surface area contributed by atoms with Crippen LogP contribution in [0.25, 0.3) is 16.9 Å². The molecule has 0 saturated heterocycles. The molecule has 0 spiro atoms. The lowest BCUT2D eigenvalue weighted by molar-refractivity contribution is 0.0628. The Bertz CT molecular complexity index is 1220. The van der Waals surface area contributed by atoms with Gasteiger partial charge in [0, 0.05) is 24.3 Å². The van der Waals surface area contributed by atoms with Crippen LogP contribution in [0.2, 0.25) is 0 Å². The Balaban J connectivity index is 1.57. The lowest BCUT2D eigenvalue weighted by Gasteiger charge is -2.29. The molecule has 0 fully saturated rings. The molecule has 1 atom stereocenters. The van der Waals surface area contributed by atoms with Gasteiger partial charge in [0.1, 0.15) is 5.82 Å². The van der Waals surface area contributed by atoms with Crippen LogP contribution in [0.15, 0.2) is 61.3 Å². The second kappa shape index (κ2) is 9.70. The van der Waals surface area contributed by atoms with Gasteiger partial charge in [-0.25, -0.2) is 4.39 Å². The summed E-state index contributed by atoms with van der Waals surface area (Å²) in [4.78, 5) is 20.7. The number of benzene rings is 1. The molecule has 3 heterocycles. The van der Waals surface area contributed by atoms with Crippen LogP contribution in [0.4, 0.5) is 4.39 Å². The third-order valence-electron chi connectivity index (χ3n) is 5.26. The standard InChI is InChI=1S/C23H24FN7O2/c1-16-3-6-22(31-26-7-8-27-31)20(11-16)23(33)30(9-10-32)17(2)14-29-15-18(12-28-29)21-5-4-19(24)13-25-21/h3-8,11-13,15,17,32H,9-10,14H2,1-2H3/t17-/m0/s1. The molecule has 0 aliphatic heterocycles. The van der Waals surface area contributed by atoms with Crippen molar-refractivity contribution in [2.75, 3.05) is 13.2 Å². The van der Waals surface area contributed by atoms with Crippen molar-refractivity contribution >= 4 is 5.91 Å². The Morgan fingerprint density at radius 2 is 1.94 bits per heavy atom. The number of hydrogen-bond acceptors (Lipinski definition) is 6. The fraction of sp³-hybridized carbons (Fsp3) is 0.261. The number of hydrogen-bond donors (Lipinski definition) is 1. The molecule has 3 aromatic heterocycles. The van der Waals surface area contributed by atoms with Gasteiger partial charge in [-0.1, -0.05) is 11.6 Å². The van der Waals surface area contributed by atoms with Crippen LogP contribution < -0.4 is 0 Å². The largest absolute Gasteiger partial charge is 0.395 e. The van der Waals surface area contributed by atoms with Crippen LogP contribution in [-0.4, -0.2) is 64.9 Å². The van der Waals surface area contributed by atoms with E-state index in [9.17, 15) is 14.3 Å². The molecule has 10 heteroatoms. The summed E-state index contributed by atoms with van der Waals surface area (Å²) in [5.41, 5.74) is 3.29. The van der Waals surface area contributed by atoms with E-state index in [1.165, 1.54) is 10.9 Å². The summed E-state index contributed by atoms with van der Waals surface area (Å²) < 4.78 is 14.9. The Hall–Kier alpha value is -3.92. The highest BCUT2D eigenvalue weighted by Crippen LogP contribution is 2.20. The van der Waals surface area contributed by atoms with Crippen molar-refractivity contribution in [3.8, 4) is 16.9 Å². The van der Waals surface area contributed by atoms with Gasteiger partial charge in [0.05, 0.1) is 54.9 Å². The number of aliphatic hydroxyl groups is 1. The molecule has 0 unspecified atom stereocenters. The monoisotopic (exact) mass is 449 g/mol. The smallest absolute Gasteiger partial charge is 0.256 e. The molecule has 4 aromatic rings. The van der Waals surface area contributed by atoms with Gasteiger partial charge in [0.15, 0.2) is 0 Å². The highest BCUT2D eigenvalue weighted by molar-refractivity contribution is 5.98. The number of aromatic nitrogens is 6. The molecule has 1 aromatic carbocycles. The highest BCUT2D eigenvalue weighted by atomic mass is 19.1. The fourth-order valence-electron chi connectivity index (χ4n) is 3.63. The van der Waals surface area contributed by atoms with Crippen LogP contribution in [0, 0.1) is 12.7 Å². The second-order valence-corrected chi connectivity index (χ2v) is 7.72. The van der Waals surface area contributed by atoms with Crippen LogP contribution in [0.3, 0.4) is 0 Å². The van der Waals surface area contributed by atoms with E-state index < -0.39 is 5.82 Å². The first-order valence-corrected chi connectivity index (χ1v) is 10.5. The van der Waals surface area contributed by atoms with Crippen molar-refractivity contribution in [3.05, 3.63) is 78.3 Å². The lowest BCUT2D eigenvalue weighted by Crippen LogP contribution is -2.43. The molecule has 0 aliphatic rings. The molecule has 1 amide bonds. The minimum atomic E-state index is -0.404. The molecule has 0 aliphatic carbocycles. The first-order valence-electron chi connectivity index (χ1n) is 10.5. The van der Waals surface area contributed by atoms with Gasteiger partial charge >= 0.3 is 0 Å². The number of aryl methyl sites for hydroxylation is 1.